The molecule has 7 heteroatoms. The predicted octanol–water partition coefficient (Wildman–Crippen LogP) is 2.23. The van der Waals surface area contributed by atoms with Gasteiger partial charge in [0.2, 0.25) is 0 Å². The Labute approximate surface area is 144 Å². The first-order chi connectivity index (χ1) is 12.2. The molecule has 0 unspecified atom stereocenters. The second-order valence-electron chi connectivity index (χ2n) is 5.80. The van der Waals surface area contributed by atoms with Crippen molar-refractivity contribution >= 4 is 23.1 Å². The van der Waals surface area contributed by atoms with Gasteiger partial charge in [-0.25, -0.2) is 9.97 Å². The molecule has 7 nitrogen and oxygen atoms in total. The zero-order chi connectivity index (χ0) is 17.2. The number of benzene rings is 1. The Hall–Kier alpha value is -3.06. The van der Waals surface area contributed by atoms with Crippen molar-refractivity contribution in [1.29, 1.82) is 5.41 Å². The van der Waals surface area contributed by atoms with Crippen LogP contribution in [0.5, 0.6) is 5.75 Å². The fraction of sp³-hybridized carbons (Fsp3) is 0.222. The highest BCUT2D eigenvalue weighted by Crippen LogP contribution is 2.28. The van der Waals surface area contributed by atoms with Crippen molar-refractivity contribution in [2.45, 2.75) is 0 Å². The minimum Gasteiger partial charge on any atom is -0.508 e. The Bertz CT molecular complexity index is 938. The maximum atomic E-state index is 9.76. The molecular weight excluding hydrogens is 318 g/mol. The Morgan fingerprint density at radius 2 is 2.00 bits per heavy atom. The second kappa shape index (κ2) is 6.45. The van der Waals surface area contributed by atoms with Crippen LogP contribution < -0.4 is 4.90 Å². The summed E-state index contributed by atoms with van der Waals surface area (Å²) in [5.74, 6) is 1.44. The summed E-state index contributed by atoms with van der Waals surface area (Å²) < 4.78 is 5.43. The van der Waals surface area contributed by atoms with Gasteiger partial charge < -0.3 is 20.2 Å². The van der Waals surface area contributed by atoms with Crippen molar-refractivity contribution < 1.29 is 9.84 Å². The molecule has 0 amide bonds. The number of phenolic OH excluding ortho intramolecular Hbond substituents is 1. The number of pyridine rings is 1. The van der Waals surface area contributed by atoms with Gasteiger partial charge in [-0.2, -0.15) is 0 Å². The van der Waals surface area contributed by atoms with Crippen LogP contribution in [0.25, 0.3) is 22.4 Å². The van der Waals surface area contributed by atoms with Crippen molar-refractivity contribution in [2.75, 3.05) is 31.2 Å². The number of hydrogen-bond donors (Lipinski definition) is 2. The smallest absolute Gasteiger partial charge is 0.162 e. The largest absolute Gasteiger partial charge is 0.508 e. The molecular formula is C18H17N5O2. The molecule has 4 rings (SSSR count). The highest BCUT2D eigenvalue weighted by atomic mass is 16.5. The SMILES string of the molecule is N=Cc1cnc2c(N3CCOCC3)nc(-c3cccc(O)c3)nc2c1. The number of fused-ring (bicyclic) bond motifs is 1. The summed E-state index contributed by atoms with van der Waals surface area (Å²) in [6.45, 7) is 2.76. The first-order valence-corrected chi connectivity index (χ1v) is 8.05. The summed E-state index contributed by atoms with van der Waals surface area (Å²) in [4.78, 5) is 15.9. The van der Waals surface area contributed by atoms with Gasteiger partial charge in [0, 0.05) is 36.6 Å². The summed E-state index contributed by atoms with van der Waals surface area (Å²) >= 11 is 0. The van der Waals surface area contributed by atoms with Gasteiger partial charge in [-0.05, 0) is 18.2 Å². The summed E-state index contributed by atoms with van der Waals surface area (Å²) in [6.07, 6.45) is 2.90. The van der Waals surface area contributed by atoms with E-state index < -0.39 is 0 Å². The second-order valence-corrected chi connectivity index (χ2v) is 5.80. The number of nitrogens with one attached hydrogen (secondary N) is 1. The molecule has 0 radical (unpaired) electrons. The van der Waals surface area contributed by atoms with Gasteiger partial charge in [-0.3, -0.25) is 4.98 Å². The highest BCUT2D eigenvalue weighted by molar-refractivity contribution is 5.91. The first-order valence-electron chi connectivity index (χ1n) is 8.05. The average molecular weight is 335 g/mol. The molecule has 126 valence electrons. The molecule has 0 bridgehead atoms. The number of anilines is 1. The molecule has 0 saturated carbocycles. The van der Waals surface area contributed by atoms with E-state index in [9.17, 15) is 5.11 Å². The lowest BCUT2D eigenvalue weighted by atomic mass is 10.2. The van der Waals surface area contributed by atoms with Crippen LogP contribution in [0.3, 0.4) is 0 Å². The lowest BCUT2D eigenvalue weighted by Gasteiger charge is -2.28. The number of ether oxygens (including phenoxy) is 1. The standard InChI is InChI=1S/C18H17N5O2/c19-10-12-8-15-16(20-11-12)18(23-4-6-25-7-5-23)22-17(21-15)13-2-1-3-14(24)9-13/h1-3,8-11,19,24H,4-7H2. The molecule has 1 saturated heterocycles. The van der Waals surface area contributed by atoms with Crippen LogP contribution in [0.1, 0.15) is 5.56 Å². The van der Waals surface area contributed by atoms with E-state index in [1.54, 1.807) is 24.4 Å². The zero-order valence-electron chi connectivity index (χ0n) is 13.5. The van der Waals surface area contributed by atoms with E-state index >= 15 is 0 Å². The quantitative estimate of drug-likeness (QED) is 0.713. The monoisotopic (exact) mass is 335 g/mol. The van der Waals surface area contributed by atoms with Crippen molar-refractivity contribution in [3.63, 3.8) is 0 Å². The van der Waals surface area contributed by atoms with E-state index in [4.69, 9.17) is 15.1 Å². The molecule has 0 atom stereocenters. The molecule has 25 heavy (non-hydrogen) atoms. The summed E-state index contributed by atoms with van der Waals surface area (Å²) in [5, 5.41) is 17.2. The summed E-state index contributed by atoms with van der Waals surface area (Å²) in [6, 6.07) is 8.70. The number of nitrogens with zero attached hydrogens (tertiary/aromatic N) is 4. The van der Waals surface area contributed by atoms with E-state index in [2.05, 4.69) is 14.9 Å². The van der Waals surface area contributed by atoms with Crippen LogP contribution in [0.15, 0.2) is 36.5 Å². The Morgan fingerprint density at radius 3 is 2.76 bits per heavy atom. The molecule has 0 spiro atoms. The molecule has 1 aromatic carbocycles. The maximum absolute atomic E-state index is 9.76. The minimum absolute atomic E-state index is 0.167. The van der Waals surface area contributed by atoms with Crippen molar-refractivity contribution in [3.05, 3.63) is 42.1 Å². The fourth-order valence-corrected chi connectivity index (χ4v) is 2.87. The summed E-state index contributed by atoms with van der Waals surface area (Å²) in [5.41, 5.74) is 2.80. The topological polar surface area (TPSA) is 95.2 Å². The fourth-order valence-electron chi connectivity index (χ4n) is 2.87. The number of rotatable bonds is 3. The van der Waals surface area contributed by atoms with Crippen LogP contribution in [-0.2, 0) is 4.74 Å². The van der Waals surface area contributed by atoms with E-state index in [1.807, 2.05) is 12.1 Å². The van der Waals surface area contributed by atoms with Gasteiger partial charge in [-0.15, -0.1) is 0 Å². The molecule has 3 aromatic rings. The van der Waals surface area contributed by atoms with Crippen LogP contribution >= 0.6 is 0 Å². The van der Waals surface area contributed by atoms with Gasteiger partial charge in [0.25, 0.3) is 0 Å². The van der Waals surface area contributed by atoms with Crippen molar-refractivity contribution in [1.82, 2.24) is 15.0 Å². The number of aromatic nitrogens is 3. The third-order valence-electron chi connectivity index (χ3n) is 4.12. The van der Waals surface area contributed by atoms with Gasteiger partial charge >= 0.3 is 0 Å². The molecule has 3 heterocycles. The zero-order valence-corrected chi connectivity index (χ0v) is 13.5. The first kappa shape index (κ1) is 15.5. The van der Waals surface area contributed by atoms with Gasteiger partial charge in [0.05, 0.1) is 18.7 Å². The normalized spacial score (nSPS) is 14.6. The van der Waals surface area contributed by atoms with Crippen molar-refractivity contribution in [3.8, 4) is 17.1 Å². The lowest BCUT2D eigenvalue weighted by molar-refractivity contribution is 0.122. The Kier molecular flexibility index (Phi) is 3.99. The van der Waals surface area contributed by atoms with E-state index in [1.165, 1.54) is 6.21 Å². The van der Waals surface area contributed by atoms with Crippen LogP contribution in [0.4, 0.5) is 5.82 Å². The molecule has 1 aliphatic rings. The Balaban J connectivity index is 1.92. The third-order valence-corrected chi connectivity index (χ3v) is 4.12. The van der Waals surface area contributed by atoms with Crippen LogP contribution in [0, 0.1) is 5.41 Å². The van der Waals surface area contributed by atoms with E-state index in [-0.39, 0.29) is 5.75 Å². The third kappa shape index (κ3) is 3.01. The number of phenols is 1. The van der Waals surface area contributed by atoms with Crippen LogP contribution in [0.2, 0.25) is 0 Å². The van der Waals surface area contributed by atoms with Crippen molar-refractivity contribution in [2.24, 2.45) is 0 Å². The van der Waals surface area contributed by atoms with E-state index in [0.29, 0.717) is 35.6 Å². The molecule has 1 aliphatic heterocycles. The number of aromatic hydroxyl groups is 1. The molecule has 2 N–H and O–H groups in total. The number of morpholine rings is 1. The predicted molar refractivity (Wildman–Crippen MR) is 95.4 cm³/mol. The minimum atomic E-state index is 0.167. The van der Waals surface area contributed by atoms with Crippen LogP contribution in [-0.4, -0.2) is 52.6 Å². The Morgan fingerprint density at radius 1 is 1.16 bits per heavy atom. The van der Waals surface area contributed by atoms with Gasteiger partial charge in [0.15, 0.2) is 11.6 Å². The highest BCUT2D eigenvalue weighted by Gasteiger charge is 2.19. The number of hydrogen-bond acceptors (Lipinski definition) is 7. The maximum Gasteiger partial charge on any atom is 0.162 e. The molecule has 2 aromatic heterocycles. The van der Waals surface area contributed by atoms with Gasteiger partial charge in [0.1, 0.15) is 11.3 Å². The average Bonchev–Trinajstić information content (AvgIpc) is 2.67. The molecule has 0 aliphatic carbocycles. The summed E-state index contributed by atoms with van der Waals surface area (Å²) in [7, 11) is 0. The van der Waals surface area contributed by atoms with Gasteiger partial charge in [-0.1, -0.05) is 12.1 Å². The molecule has 1 fully saturated rings. The lowest BCUT2D eigenvalue weighted by Crippen LogP contribution is -2.37. The van der Waals surface area contributed by atoms with E-state index in [0.717, 1.165) is 24.5 Å².